The van der Waals surface area contributed by atoms with Gasteiger partial charge in [-0.15, -0.1) is 0 Å². The monoisotopic (exact) mass is 468 g/mol. The summed E-state index contributed by atoms with van der Waals surface area (Å²) in [5, 5.41) is 21.5. The molecular formula is C29H25ClN2O2. The number of benzene rings is 3. The van der Waals surface area contributed by atoms with Crippen LogP contribution in [0.1, 0.15) is 41.9 Å². The molecule has 170 valence electrons. The van der Waals surface area contributed by atoms with Crippen molar-refractivity contribution in [3.05, 3.63) is 117 Å². The van der Waals surface area contributed by atoms with Crippen LogP contribution >= 0.6 is 11.6 Å². The highest BCUT2D eigenvalue weighted by Crippen LogP contribution is 2.47. The van der Waals surface area contributed by atoms with Gasteiger partial charge in [0, 0.05) is 45.5 Å². The van der Waals surface area contributed by atoms with Crippen LogP contribution in [0.25, 0.3) is 5.76 Å². The predicted octanol–water partition coefficient (Wildman–Crippen LogP) is 7.21. The van der Waals surface area contributed by atoms with Crippen LogP contribution in [-0.2, 0) is 4.79 Å². The molecule has 0 radical (unpaired) electrons. The Morgan fingerprint density at radius 3 is 2.32 bits per heavy atom. The number of ketones is 1. The first-order valence-corrected chi connectivity index (χ1v) is 11.8. The first-order valence-electron chi connectivity index (χ1n) is 11.4. The van der Waals surface area contributed by atoms with Crippen molar-refractivity contribution in [2.24, 2.45) is 0 Å². The van der Waals surface area contributed by atoms with E-state index in [1.54, 1.807) is 12.1 Å². The Morgan fingerprint density at radius 2 is 1.65 bits per heavy atom. The number of amidine groups is 1. The molecule has 1 heterocycles. The number of allylic oxidation sites excluding steroid dienone is 2. The number of carbonyl (C=O) groups excluding carboxylic acids is 1. The molecule has 0 saturated heterocycles. The number of hydrogen-bond acceptors (Lipinski definition) is 3. The summed E-state index contributed by atoms with van der Waals surface area (Å²) < 4.78 is 0. The normalized spacial score (nSPS) is 19.8. The fraction of sp³-hybridized carbons (Fsp3) is 0.172. The quantitative estimate of drug-likeness (QED) is 0.399. The van der Waals surface area contributed by atoms with Crippen molar-refractivity contribution in [2.45, 2.75) is 32.1 Å². The van der Waals surface area contributed by atoms with E-state index < -0.39 is 5.92 Å². The molecule has 0 fully saturated rings. The summed E-state index contributed by atoms with van der Waals surface area (Å²) in [6.45, 7) is 1.99. The van der Waals surface area contributed by atoms with Gasteiger partial charge in [-0.3, -0.25) is 15.1 Å². The van der Waals surface area contributed by atoms with E-state index in [1.165, 1.54) is 0 Å². The van der Waals surface area contributed by atoms with Gasteiger partial charge < -0.3 is 5.11 Å². The van der Waals surface area contributed by atoms with E-state index in [0.717, 1.165) is 28.9 Å². The topological polar surface area (TPSA) is 64.4 Å². The molecule has 4 nitrogen and oxygen atoms in total. The van der Waals surface area contributed by atoms with Gasteiger partial charge in [0.05, 0.1) is 0 Å². The summed E-state index contributed by atoms with van der Waals surface area (Å²) in [5.74, 6) is -0.300. The van der Waals surface area contributed by atoms with E-state index in [0.29, 0.717) is 34.6 Å². The summed E-state index contributed by atoms with van der Waals surface area (Å²) in [7, 11) is 0. The van der Waals surface area contributed by atoms with Gasteiger partial charge in [0.15, 0.2) is 5.78 Å². The fourth-order valence-corrected chi connectivity index (χ4v) is 5.04. The van der Waals surface area contributed by atoms with Gasteiger partial charge in [0.25, 0.3) is 0 Å². The van der Waals surface area contributed by atoms with E-state index in [4.69, 9.17) is 11.6 Å². The maximum absolute atomic E-state index is 13.4. The molecule has 5 heteroatoms. The smallest absolute Gasteiger partial charge is 0.161 e. The minimum Gasteiger partial charge on any atom is -0.507 e. The van der Waals surface area contributed by atoms with Crippen molar-refractivity contribution >= 4 is 34.7 Å². The van der Waals surface area contributed by atoms with E-state index in [2.05, 4.69) is 0 Å². The standard InChI is InChI=1S/C29H25ClN2O2/c1-18-10-12-20(13-11-18)28(34)27-25(19-14-16-21(30)17-15-19)26-23(8-5-9-24(26)33)32(29(27)31)22-6-3-2-4-7-22/h2-4,6-7,10-17,25,31,34H,5,8-9H2,1H3. The zero-order valence-corrected chi connectivity index (χ0v) is 19.6. The Bertz CT molecular complexity index is 1320. The van der Waals surface area contributed by atoms with Crippen LogP contribution < -0.4 is 4.90 Å². The number of hydrogen-bond donors (Lipinski definition) is 2. The number of nitrogens with one attached hydrogen (secondary N) is 1. The molecule has 1 unspecified atom stereocenters. The second-order valence-corrected chi connectivity index (χ2v) is 9.21. The summed E-state index contributed by atoms with van der Waals surface area (Å²) in [4.78, 5) is 15.3. The van der Waals surface area contributed by atoms with Crippen molar-refractivity contribution in [3.8, 4) is 0 Å². The lowest BCUT2D eigenvalue weighted by molar-refractivity contribution is -0.116. The molecular weight excluding hydrogens is 444 g/mol. The number of nitrogens with zero attached hydrogens (tertiary/aromatic N) is 1. The molecule has 0 saturated carbocycles. The predicted molar refractivity (Wildman–Crippen MR) is 137 cm³/mol. The second kappa shape index (κ2) is 8.96. The Kier molecular flexibility index (Phi) is 5.84. The number of Topliss-reactive ketones (excluding diaryl/α,β-unsaturated/α-hetero) is 1. The Morgan fingerprint density at radius 1 is 0.971 bits per heavy atom. The van der Waals surface area contributed by atoms with Crippen molar-refractivity contribution < 1.29 is 9.90 Å². The number of aliphatic hydroxyl groups is 1. The summed E-state index contributed by atoms with van der Waals surface area (Å²) >= 11 is 6.17. The lowest BCUT2D eigenvalue weighted by Gasteiger charge is -2.41. The van der Waals surface area contributed by atoms with E-state index >= 15 is 0 Å². The highest BCUT2D eigenvalue weighted by atomic mass is 35.5. The van der Waals surface area contributed by atoms with Crippen LogP contribution in [0.5, 0.6) is 0 Å². The largest absolute Gasteiger partial charge is 0.507 e. The average molecular weight is 469 g/mol. The average Bonchev–Trinajstić information content (AvgIpc) is 2.85. The minimum absolute atomic E-state index is 0.0100. The molecule has 0 bridgehead atoms. The van der Waals surface area contributed by atoms with Crippen LogP contribution in [0, 0.1) is 12.3 Å². The van der Waals surface area contributed by atoms with E-state index in [1.807, 2.05) is 78.6 Å². The molecule has 34 heavy (non-hydrogen) atoms. The van der Waals surface area contributed by atoms with Crippen molar-refractivity contribution in [1.29, 1.82) is 5.41 Å². The van der Waals surface area contributed by atoms with Crippen molar-refractivity contribution in [2.75, 3.05) is 4.90 Å². The zero-order valence-electron chi connectivity index (χ0n) is 18.9. The van der Waals surface area contributed by atoms with E-state index in [9.17, 15) is 15.3 Å². The number of carbonyl (C=O) groups is 1. The lowest BCUT2D eigenvalue weighted by atomic mass is 9.73. The van der Waals surface area contributed by atoms with Crippen LogP contribution in [0.3, 0.4) is 0 Å². The SMILES string of the molecule is Cc1ccc(C(O)=C2C(=N)N(c3ccccc3)C3=C(C(=O)CCC3)C2c2ccc(Cl)cc2)cc1. The molecule has 3 aromatic rings. The summed E-state index contributed by atoms with van der Waals surface area (Å²) in [5.41, 5.74) is 5.24. The molecule has 0 aromatic heterocycles. The Labute approximate surface area is 204 Å². The highest BCUT2D eigenvalue weighted by Gasteiger charge is 2.43. The molecule has 2 aliphatic rings. The zero-order chi connectivity index (χ0) is 23.8. The first-order chi connectivity index (χ1) is 16.5. The first kappa shape index (κ1) is 22.2. The highest BCUT2D eigenvalue weighted by molar-refractivity contribution is 6.30. The number of halogens is 1. The molecule has 0 spiro atoms. The fourth-order valence-electron chi connectivity index (χ4n) is 4.91. The van der Waals surface area contributed by atoms with Gasteiger partial charge >= 0.3 is 0 Å². The second-order valence-electron chi connectivity index (χ2n) is 8.77. The van der Waals surface area contributed by atoms with Gasteiger partial charge in [0.1, 0.15) is 11.6 Å². The maximum Gasteiger partial charge on any atom is 0.161 e. The van der Waals surface area contributed by atoms with Gasteiger partial charge in [0.2, 0.25) is 0 Å². The van der Waals surface area contributed by atoms with Crippen LogP contribution in [0.2, 0.25) is 5.02 Å². The Hall–Kier alpha value is -3.63. The number of anilines is 1. The van der Waals surface area contributed by atoms with E-state index in [-0.39, 0.29) is 17.4 Å². The van der Waals surface area contributed by atoms with Gasteiger partial charge in [-0.2, -0.15) is 0 Å². The van der Waals surface area contributed by atoms with Crippen LogP contribution in [0.15, 0.2) is 95.7 Å². The molecule has 3 aromatic carbocycles. The number of aryl methyl sites for hydroxylation is 1. The molecule has 5 rings (SSSR count). The molecule has 2 N–H and O–H groups in total. The third kappa shape index (κ3) is 3.84. The van der Waals surface area contributed by atoms with Crippen molar-refractivity contribution in [3.63, 3.8) is 0 Å². The third-order valence-corrected chi connectivity index (χ3v) is 6.80. The minimum atomic E-state index is -0.547. The number of para-hydroxylation sites is 1. The number of aliphatic hydroxyl groups excluding tert-OH is 1. The summed E-state index contributed by atoms with van der Waals surface area (Å²) in [6, 6.07) is 24.5. The van der Waals surface area contributed by atoms with Gasteiger partial charge in [-0.1, -0.05) is 71.8 Å². The lowest BCUT2D eigenvalue weighted by Crippen LogP contribution is -2.42. The molecule has 0 amide bonds. The number of rotatable bonds is 3. The Balaban J connectivity index is 1.82. The van der Waals surface area contributed by atoms with Crippen molar-refractivity contribution in [1.82, 2.24) is 0 Å². The van der Waals surface area contributed by atoms with Gasteiger partial charge in [-0.25, -0.2) is 0 Å². The third-order valence-electron chi connectivity index (χ3n) is 6.55. The van der Waals surface area contributed by atoms with Crippen LogP contribution in [-0.4, -0.2) is 16.7 Å². The maximum atomic E-state index is 13.4. The van der Waals surface area contributed by atoms with Crippen LogP contribution in [0.4, 0.5) is 5.69 Å². The van der Waals surface area contributed by atoms with Gasteiger partial charge in [-0.05, 0) is 49.6 Å². The molecule has 1 aliphatic heterocycles. The summed E-state index contributed by atoms with van der Waals surface area (Å²) in [6.07, 6.45) is 1.89. The molecule has 1 atom stereocenters. The molecule has 1 aliphatic carbocycles.